The van der Waals surface area contributed by atoms with Gasteiger partial charge in [0, 0.05) is 6.54 Å². The monoisotopic (exact) mass is 295 g/mol. The summed E-state index contributed by atoms with van der Waals surface area (Å²) in [6.45, 7) is 2.68. The van der Waals surface area contributed by atoms with E-state index < -0.39 is 0 Å². The van der Waals surface area contributed by atoms with Crippen molar-refractivity contribution in [2.75, 3.05) is 12.4 Å². The number of para-hydroxylation sites is 1. The highest BCUT2D eigenvalue weighted by molar-refractivity contribution is 6.33. The van der Waals surface area contributed by atoms with Crippen LogP contribution in [0.5, 0.6) is 5.75 Å². The Bertz CT molecular complexity index is 564. The predicted molar refractivity (Wildman–Crippen MR) is 81.5 cm³/mol. The van der Waals surface area contributed by atoms with Crippen LogP contribution in [0, 0.1) is 6.92 Å². The third-order valence-corrected chi connectivity index (χ3v) is 3.52. The van der Waals surface area contributed by atoms with Gasteiger partial charge in [-0.25, -0.2) is 0 Å². The summed E-state index contributed by atoms with van der Waals surface area (Å²) >= 11 is 12.3. The lowest BCUT2D eigenvalue weighted by Crippen LogP contribution is -2.02. The molecule has 100 valence electrons. The average Bonchev–Trinajstić information content (AvgIpc) is 2.38. The summed E-state index contributed by atoms with van der Waals surface area (Å²) in [6, 6.07) is 11.6. The van der Waals surface area contributed by atoms with Crippen LogP contribution in [0.1, 0.15) is 11.1 Å². The number of halogens is 2. The first-order valence-corrected chi connectivity index (χ1v) is 6.69. The molecule has 0 saturated heterocycles. The molecule has 0 aromatic heterocycles. The molecular formula is C15H15Cl2NO. The normalized spacial score (nSPS) is 10.3. The highest BCUT2D eigenvalue weighted by Crippen LogP contribution is 2.28. The van der Waals surface area contributed by atoms with Crippen molar-refractivity contribution in [1.29, 1.82) is 0 Å². The van der Waals surface area contributed by atoms with E-state index in [9.17, 15) is 0 Å². The van der Waals surface area contributed by atoms with Crippen molar-refractivity contribution in [1.82, 2.24) is 0 Å². The first-order valence-electron chi connectivity index (χ1n) is 5.93. The summed E-state index contributed by atoms with van der Waals surface area (Å²) in [7, 11) is 1.60. The number of ether oxygens (including phenoxy) is 1. The Morgan fingerprint density at radius 2 is 1.89 bits per heavy atom. The second-order valence-electron chi connectivity index (χ2n) is 4.25. The quantitative estimate of drug-likeness (QED) is 0.864. The van der Waals surface area contributed by atoms with Crippen molar-refractivity contribution in [3.05, 3.63) is 57.6 Å². The van der Waals surface area contributed by atoms with E-state index in [0.717, 1.165) is 21.8 Å². The number of benzene rings is 2. The molecule has 2 aromatic rings. The summed E-state index contributed by atoms with van der Waals surface area (Å²) in [5.41, 5.74) is 3.15. The number of nitrogens with one attached hydrogen (secondary N) is 1. The topological polar surface area (TPSA) is 21.3 Å². The van der Waals surface area contributed by atoms with Gasteiger partial charge in [0.1, 0.15) is 5.75 Å². The van der Waals surface area contributed by atoms with E-state index in [-0.39, 0.29) is 0 Å². The smallest absolute Gasteiger partial charge is 0.137 e. The van der Waals surface area contributed by atoms with Gasteiger partial charge in [0.2, 0.25) is 0 Å². The van der Waals surface area contributed by atoms with E-state index in [0.29, 0.717) is 17.3 Å². The number of hydrogen-bond donors (Lipinski definition) is 1. The third-order valence-electron chi connectivity index (χ3n) is 2.91. The van der Waals surface area contributed by atoms with Gasteiger partial charge in [0.25, 0.3) is 0 Å². The molecule has 0 amide bonds. The number of aryl methyl sites for hydroxylation is 1. The van der Waals surface area contributed by atoms with Crippen LogP contribution >= 0.6 is 23.2 Å². The summed E-state index contributed by atoms with van der Waals surface area (Å²) < 4.78 is 5.13. The van der Waals surface area contributed by atoms with Crippen LogP contribution in [0.3, 0.4) is 0 Å². The molecule has 1 N–H and O–H groups in total. The van der Waals surface area contributed by atoms with Gasteiger partial charge < -0.3 is 10.1 Å². The summed E-state index contributed by atoms with van der Waals surface area (Å²) in [5, 5.41) is 4.66. The summed E-state index contributed by atoms with van der Waals surface area (Å²) in [4.78, 5) is 0. The van der Waals surface area contributed by atoms with Gasteiger partial charge in [0.15, 0.2) is 0 Å². The first-order chi connectivity index (χ1) is 9.11. The maximum atomic E-state index is 6.17. The SMILES string of the molecule is COc1ccc(CNc2c(C)cccc2Cl)cc1Cl. The molecule has 0 spiro atoms. The molecule has 0 fully saturated rings. The van der Waals surface area contributed by atoms with Crippen LogP contribution in [0.25, 0.3) is 0 Å². The lowest BCUT2D eigenvalue weighted by Gasteiger charge is -2.12. The van der Waals surface area contributed by atoms with Gasteiger partial charge in [-0.15, -0.1) is 0 Å². The van der Waals surface area contributed by atoms with E-state index in [2.05, 4.69) is 5.32 Å². The highest BCUT2D eigenvalue weighted by atomic mass is 35.5. The molecule has 0 radical (unpaired) electrons. The minimum Gasteiger partial charge on any atom is -0.495 e. The van der Waals surface area contributed by atoms with Crippen LogP contribution < -0.4 is 10.1 Å². The standard InChI is InChI=1S/C15H15Cl2NO/c1-10-4-3-5-12(16)15(10)18-9-11-6-7-14(19-2)13(17)8-11/h3-8,18H,9H2,1-2H3. The van der Waals surface area contributed by atoms with Crippen LogP contribution in [0.2, 0.25) is 10.0 Å². The summed E-state index contributed by atoms with van der Waals surface area (Å²) in [5.74, 6) is 0.680. The molecule has 0 saturated carbocycles. The maximum Gasteiger partial charge on any atom is 0.137 e. The molecule has 2 rings (SSSR count). The fourth-order valence-electron chi connectivity index (χ4n) is 1.87. The molecule has 0 bridgehead atoms. The van der Waals surface area contributed by atoms with Gasteiger partial charge in [-0.3, -0.25) is 0 Å². The Balaban J connectivity index is 2.13. The number of methoxy groups -OCH3 is 1. The van der Waals surface area contributed by atoms with E-state index in [1.165, 1.54) is 0 Å². The first kappa shape index (κ1) is 14.0. The molecule has 4 heteroatoms. The Morgan fingerprint density at radius 3 is 2.53 bits per heavy atom. The van der Waals surface area contributed by atoms with Crippen molar-refractivity contribution in [3.8, 4) is 5.75 Å². The summed E-state index contributed by atoms with van der Waals surface area (Å²) in [6.07, 6.45) is 0. The Morgan fingerprint density at radius 1 is 1.11 bits per heavy atom. The number of rotatable bonds is 4. The second kappa shape index (κ2) is 6.18. The Labute approximate surface area is 123 Å². The molecule has 0 atom stereocenters. The molecule has 0 aliphatic rings. The Hall–Kier alpha value is -1.38. The molecule has 0 heterocycles. The molecular weight excluding hydrogens is 281 g/mol. The zero-order valence-electron chi connectivity index (χ0n) is 10.8. The van der Waals surface area contributed by atoms with Crippen molar-refractivity contribution >= 4 is 28.9 Å². The number of anilines is 1. The van der Waals surface area contributed by atoms with E-state index >= 15 is 0 Å². The van der Waals surface area contributed by atoms with Crippen molar-refractivity contribution in [3.63, 3.8) is 0 Å². The van der Waals surface area contributed by atoms with Crippen LogP contribution in [-0.2, 0) is 6.54 Å². The lowest BCUT2D eigenvalue weighted by molar-refractivity contribution is 0.415. The minimum absolute atomic E-state index is 0.609. The fraction of sp³-hybridized carbons (Fsp3) is 0.200. The van der Waals surface area contributed by atoms with Crippen molar-refractivity contribution < 1.29 is 4.74 Å². The fourth-order valence-corrected chi connectivity index (χ4v) is 2.44. The minimum atomic E-state index is 0.609. The molecule has 2 nitrogen and oxygen atoms in total. The van der Waals surface area contributed by atoms with Crippen molar-refractivity contribution in [2.24, 2.45) is 0 Å². The van der Waals surface area contributed by atoms with Gasteiger partial charge >= 0.3 is 0 Å². The highest BCUT2D eigenvalue weighted by Gasteiger charge is 2.05. The van der Waals surface area contributed by atoms with E-state index in [4.69, 9.17) is 27.9 Å². The number of hydrogen-bond acceptors (Lipinski definition) is 2. The second-order valence-corrected chi connectivity index (χ2v) is 5.07. The van der Waals surface area contributed by atoms with Gasteiger partial charge in [0.05, 0.1) is 22.8 Å². The largest absolute Gasteiger partial charge is 0.495 e. The van der Waals surface area contributed by atoms with Gasteiger partial charge in [-0.05, 0) is 36.2 Å². The van der Waals surface area contributed by atoms with Crippen LogP contribution in [0.4, 0.5) is 5.69 Å². The van der Waals surface area contributed by atoms with Crippen LogP contribution in [-0.4, -0.2) is 7.11 Å². The molecule has 0 aliphatic heterocycles. The molecule has 0 unspecified atom stereocenters. The predicted octanol–water partition coefficient (Wildman–Crippen LogP) is 4.92. The molecule has 2 aromatic carbocycles. The average molecular weight is 296 g/mol. The zero-order valence-corrected chi connectivity index (χ0v) is 12.3. The molecule has 0 aliphatic carbocycles. The lowest BCUT2D eigenvalue weighted by atomic mass is 10.1. The van der Waals surface area contributed by atoms with Gasteiger partial charge in [-0.1, -0.05) is 41.4 Å². The molecule has 19 heavy (non-hydrogen) atoms. The maximum absolute atomic E-state index is 6.17. The third kappa shape index (κ3) is 3.34. The van der Waals surface area contributed by atoms with Crippen molar-refractivity contribution in [2.45, 2.75) is 13.5 Å². The Kier molecular flexibility index (Phi) is 4.56. The van der Waals surface area contributed by atoms with E-state index in [1.54, 1.807) is 7.11 Å². The van der Waals surface area contributed by atoms with E-state index in [1.807, 2.05) is 43.3 Å². The van der Waals surface area contributed by atoms with Gasteiger partial charge in [-0.2, -0.15) is 0 Å². The van der Waals surface area contributed by atoms with Crippen LogP contribution in [0.15, 0.2) is 36.4 Å². The zero-order chi connectivity index (χ0) is 13.8.